The number of ether oxygens (including phenoxy) is 1. The van der Waals surface area contributed by atoms with E-state index < -0.39 is 0 Å². The van der Waals surface area contributed by atoms with E-state index >= 15 is 0 Å². The summed E-state index contributed by atoms with van der Waals surface area (Å²) in [6, 6.07) is 0. The molecule has 0 radical (unpaired) electrons. The third kappa shape index (κ3) is 1.90. The van der Waals surface area contributed by atoms with Crippen molar-refractivity contribution in [2.75, 3.05) is 12.8 Å². The van der Waals surface area contributed by atoms with E-state index in [4.69, 9.17) is 10.5 Å². The molecule has 1 unspecified atom stereocenters. The molecule has 4 heteroatoms. The molecule has 1 atom stereocenters. The van der Waals surface area contributed by atoms with E-state index in [0.29, 0.717) is 11.9 Å². The number of nitrogen functional groups attached to an aromatic ring is 1. The van der Waals surface area contributed by atoms with Gasteiger partial charge in [0.1, 0.15) is 5.82 Å². The zero-order valence-corrected chi connectivity index (χ0v) is 8.73. The summed E-state index contributed by atoms with van der Waals surface area (Å²) < 4.78 is 7.31. The maximum atomic E-state index is 5.68. The lowest BCUT2D eigenvalue weighted by molar-refractivity contribution is 0.0670. The van der Waals surface area contributed by atoms with E-state index in [1.165, 1.54) is 12.8 Å². The minimum Gasteiger partial charge on any atom is -0.382 e. The molecule has 78 valence electrons. The minimum atomic E-state index is 0.300. The molecule has 0 spiro atoms. The summed E-state index contributed by atoms with van der Waals surface area (Å²) in [5, 5.41) is 4.22. The molecule has 2 rings (SSSR count). The largest absolute Gasteiger partial charge is 0.382 e. The zero-order valence-electron chi connectivity index (χ0n) is 8.73. The van der Waals surface area contributed by atoms with Gasteiger partial charge < -0.3 is 10.5 Å². The summed E-state index contributed by atoms with van der Waals surface area (Å²) in [5.74, 6) is 1.35. The highest BCUT2D eigenvalue weighted by molar-refractivity contribution is 5.35. The second-order valence-electron chi connectivity index (χ2n) is 4.03. The Bertz CT molecular complexity index is 298. The predicted molar refractivity (Wildman–Crippen MR) is 54.9 cm³/mol. The highest BCUT2D eigenvalue weighted by atomic mass is 16.5. The average Bonchev–Trinajstić information content (AvgIpc) is 2.92. The first-order valence-electron chi connectivity index (χ1n) is 5.03. The second-order valence-corrected chi connectivity index (χ2v) is 4.03. The molecule has 14 heavy (non-hydrogen) atoms. The Hall–Kier alpha value is -1.03. The van der Waals surface area contributed by atoms with Crippen molar-refractivity contribution in [3.8, 4) is 0 Å². The Kier molecular flexibility index (Phi) is 2.46. The normalized spacial score (nSPS) is 18.4. The molecule has 0 aromatic carbocycles. The van der Waals surface area contributed by atoms with Gasteiger partial charge in [0, 0.05) is 18.9 Å². The van der Waals surface area contributed by atoms with Crippen molar-refractivity contribution in [2.45, 2.75) is 32.4 Å². The quantitative estimate of drug-likeness (QED) is 0.785. The lowest BCUT2D eigenvalue weighted by Crippen LogP contribution is -2.21. The number of hydrogen-bond donors (Lipinski definition) is 1. The van der Waals surface area contributed by atoms with Crippen molar-refractivity contribution in [3.63, 3.8) is 0 Å². The lowest BCUT2D eigenvalue weighted by atomic mass is 10.2. The Labute approximate surface area is 84.0 Å². The highest BCUT2D eigenvalue weighted by Gasteiger charge is 2.31. The molecule has 1 fully saturated rings. The van der Waals surface area contributed by atoms with Crippen LogP contribution in [-0.2, 0) is 11.3 Å². The molecule has 1 saturated carbocycles. The number of nitrogens with two attached hydrogens (primary N) is 1. The molecule has 1 aromatic heterocycles. The number of methoxy groups -OCH3 is 1. The third-order valence-corrected chi connectivity index (χ3v) is 2.80. The molecule has 1 aromatic rings. The molecule has 1 heterocycles. The first-order chi connectivity index (χ1) is 6.70. The fourth-order valence-corrected chi connectivity index (χ4v) is 1.70. The maximum Gasteiger partial charge on any atom is 0.148 e. The fourth-order valence-electron chi connectivity index (χ4n) is 1.70. The summed E-state index contributed by atoms with van der Waals surface area (Å²) in [4.78, 5) is 0. The molecular formula is C10H17N3O. The number of nitrogens with zero attached hydrogens (tertiary/aromatic N) is 2. The van der Waals surface area contributed by atoms with Crippen molar-refractivity contribution in [2.24, 2.45) is 5.92 Å². The van der Waals surface area contributed by atoms with Crippen LogP contribution < -0.4 is 5.73 Å². The van der Waals surface area contributed by atoms with Crippen LogP contribution in [0.2, 0.25) is 0 Å². The van der Waals surface area contributed by atoms with Crippen LogP contribution in [0.15, 0.2) is 6.20 Å². The Morgan fingerprint density at radius 1 is 1.71 bits per heavy atom. The van der Waals surface area contributed by atoms with E-state index in [1.54, 1.807) is 7.11 Å². The van der Waals surface area contributed by atoms with Gasteiger partial charge in [0.2, 0.25) is 0 Å². The van der Waals surface area contributed by atoms with Crippen LogP contribution in [0, 0.1) is 12.8 Å². The molecule has 0 saturated heterocycles. The monoisotopic (exact) mass is 195 g/mol. The third-order valence-electron chi connectivity index (χ3n) is 2.80. The van der Waals surface area contributed by atoms with Gasteiger partial charge in [0.15, 0.2) is 0 Å². The molecule has 0 bridgehead atoms. The van der Waals surface area contributed by atoms with Crippen LogP contribution in [0.4, 0.5) is 5.82 Å². The van der Waals surface area contributed by atoms with Crippen LogP contribution in [0.3, 0.4) is 0 Å². The van der Waals surface area contributed by atoms with Gasteiger partial charge in [-0.1, -0.05) is 0 Å². The Balaban J connectivity index is 2.01. The fraction of sp³-hybridized carbons (Fsp3) is 0.700. The summed E-state index contributed by atoms with van der Waals surface area (Å²) in [5.41, 5.74) is 6.71. The summed E-state index contributed by atoms with van der Waals surface area (Å²) in [6.07, 6.45) is 4.85. The first-order valence-corrected chi connectivity index (χ1v) is 5.03. The van der Waals surface area contributed by atoms with Crippen LogP contribution in [0.1, 0.15) is 18.4 Å². The molecule has 0 aliphatic heterocycles. The molecule has 0 amide bonds. The Morgan fingerprint density at radius 3 is 2.86 bits per heavy atom. The van der Waals surface area contributed by atoms with Crippen molar-refractivity contribution in [3.05, 3.63) is 11.8 Å². The van der Waals surface area contributed by atoms with Gasteiger partial charge in [-0.2, -0.15) is 5.10 Å². The smallest absolute Gasteiger partial charge is 0.148 e. The van der Waals surface area contributed by atoms with Crippen molar-refractivity contribution < 1.29 is 4.74 Å². The standard InChI is InChI=1S/C10H17N3O/c1-7-5-13(12-10(7)11)6-9(14-2)8-3-4-8/h5,8-9H,3-4,6H2,1-2H3,(H2,11,12). The van der Waals surface area contributed by atoms with Gasteiger partial charge in [-0.05, 0) is 25.7 Å². The van der Waals surface area contributed by atoms with E-state index in [2.05, 4.69) is 5.10 Å². The van der Waals surface area contributed by atoms with Crippen molar-refractivity contribution in [1.29, 1.82) is 0 Å². The van der Waals surface area contributed by atoms with Crippen molar-refractivity contribution >= 4 is 5.82 Å². The molecule has 1 aliphatic rings. The van der Waals surface area contributed by atoms with Gasteiger partial charge in [-0.15, -0.1) is 0 Å². The van der Waals surface area contributed by atoms with E-state index in [1.807, 2.05) is 17.8 Å². The van der Waals surface area contributed by atoms with Crippen molar-refractivity contribution in [1.82, 2.24) is 9.78 Å². The predicted octanol–water partition coefficient (Wildman–Crippen LogP) is 1.20. The highest BCUT2D eigenvalue weighted by Crippen LogP contribution is 2.34. The zero-order chi connectivity index (χ0) is 10.1. The van der Waals surface area contributed by atoms with Crippen LogP contribution in [-0.4, -0.2) is 23.0 Å². The van der Waals surface area contributed by atoms with E-state index in [9.17, 15) is 0 Å². The minimum absolute atomic E-state index is 0.300. The first kappa shape index (κ1) is 9.52. The summed E-state index contributed by atoms with van der Waals surface area (Å²) in [6.45, 7) is 2.79. The topological polar surface area (TPSA) is 53.1 Å². The molecule has 2 N–H and O–H groups in total. The van der Waals surface area contributed by atoms with E-state index in [0.717, 1.165) is 18.0 Å². The van der Waals surface area contributed by atoms with Crippen LogP contribution >= 0.6 is 0 Å². The van der Waals surface area contributed by atoms with Gasteiger partial charge in [-0.3, -0.25) is 4.68 Å². The molecular weight excluding hydrogens is 178 g/mol. The summed E-state index contributed by atoms with van der Waals surface area (Å²) >= 11 is 0. The van der Waals surface area contributed by atoms with Crippen LogP contribution in [0.25, 0.3) is 0 Å². The number of anilines is 1. The van der Waals surface area contributed by atoms with E-state index in [-0.39, 0.29) is 0 Å². The van der Waals surface area contributed by atoms with Gasteiger partial charge in [0.05, 0.1) is 12.6 Å². The number of rotatable bonds is 4. The maximum absolute atomic E-state index is 5.68. The molecule has 4 nitrogen and oxygen atoms in total. The van der Waals surface area contributed by atoms with Gasteiger partial charge in [0.25, 0.3) is 0 Å². The second kappa shape index (κ2) is 3.61. The van der Waals surface area contributed by atoms with Gasteiger partial charge >= 0.3 is 0 Å². The lowest BCUT2D eigenvalue weighted by Gasteiger charge is -2.13. The number of aryl methyl sites for hydroxylation is 1. The van der Waals surface area contributed by atoms with Gasteiger partial charge in [-0.25, -0.2) is 0 Å². The SMILES string of the molecule is COC(Cn1cc(C)c(N)n1)C1CC1. The Morgan fingerprint density at radius 2 is 2.43 bits per heavy atom. The molecule has 1 aliphatic carbocycles. The number of hydrogen-bond acceptors (Lipinski definition) is 3. The number of aromatic nitrogens is 2. The summed E-state index contributed by atoms with van der Waals surface area (Å²) in [7, 11) is 1.77. The van der Waals surface area contributed by atoms with Crippen LogP contribution in [0.5, 0.6) is 0 Å². The average molecular weight is 195 g/mol.